The molecule has 0 saturated carbocycles. The average molecular weight is 210 g/mol. The van der Waals surface area contributed by atoms with E-state index < -0.39 is 18.0 Å². The first-order valence-electron chi connectivity index (χ1n) is 4.20. The summed E-state index contributed by atoms with van der Waals surface area (Å²) in [6.45, 7) is 1.26. The van der Waals surface area contributed by atoms with E-state index in [4.69, 9.17) is 14.9 Å². The molecule has 1 atom stereocenters. The molecule has 0 aliphatic rings. The van der Waals surface area contributed by atoms with Crippen LogP contribution in [0.25, 0.3) is 0 Å². The van der Waals surface area contributed by atoms with Gasteiger partial charge in [0.25, 0.3) is 0 Å². The molecule has 0 fully saturated rings. The summed E-state index contributed by atoms with van der Waals surface area (Å²) in [6, 6.07) is 5.61. The highest BCUT2D eigenvalue weighted by atomic mass is 16.5. The number of esters is 1. The van der Waals surface area contributed by atoms with Crippen molar-refractivity contribution in [2.45, 2.75) is 13.0 Å². The van der Waals surface area contributed by atoms with E-state index in [2.05, 4.69) is 0 Å². The van der Waals surface area contributed by atoms with E-state index in [1.165, 1.54) is 31.2 Å². The van der Waals surface area contributed by atoms with Crippen LogP contribution in [-0.4, -0.2) is 22.2 Å². The van der Waals surface area contributed by atoms with Gasteiger partial charge in [0.15, 0.2) is 6.10 Å². The Morgan fingerprint density at radius 1 is 1.27 bits per heavy atom. The van der Waals surface area contributed by atoms with Crippen LogP contribution in [0.15, 0.2) is 24.3 Å². The second kappa shape index (κ2) is 4.56. The topological polar surface area (TPSA) is 83.8 Å². The van der Waals surface area contributed by atoms with Gasteiger partial charge in [0, 0.05) is 6.92 Å². The quantitative estimate of drug-likeness (QED) is 0.567. The fourth-order valence-electron chi connectivity index (χ4n) is 1.03. The molecular weight excluding hydrogens is 200 g/mol. The Kier molecular flexibility index (Phi) is 3.41. The van der Waals surface area contributed by atoms with Crippen LogP contribution in [0.1, 0.15) is 18.6 Å². The van der Waals surface area contributed by atoms with E-state index in [0.717, 1.165) is 0 Å². The minimum Gasteiger partial charge on any atom is -0.479 e. The monoisotopic (exact) mass is 210 g/mol. The molecule has 0 heterocycles. The number of carboxylic acid groups (broad SMARTS) is 1. The number of hydrogen-bond acceptors (Lipinski definition) is 4. The number of ether oxygens (including phenoxy) is 1. The minimum absolute atomic E-state index is 0.235. The lowest BCUT2D eigenvalue weighted by Crippen LogP contribution is -2.10. The van der Waals surface area contributed by atoms with Gasteiger partial charge in [-0.15, -0.1) is 0 Å². The van der Waals surface area contributed by atoms with Crippen LogP contribution >= 0.6 is 0 Å². The zero-order valence-electron chi connectivity index (χ0n) is 8.01. The third kappa shape index (κ3) is 3.07. The number of aliphatic hydroxyl groups excluding tert-OH is 1. The lowest BCUT2D eigenvalue weighted by Gasteiger charge is -2.06. The predicted molar refractivity (Wildman–Crippen MR) is 50.3 cm³/mol. The van der Waals surface area contributed by atoms with Crippen molar-refractivity contribution in [1.29, 1.82) is 0 Å². The molecule has 0 aromatic heterocycles. The summed E-state index contributed by atoms with van der Waals surface area (Å²) >= 11 is 0. The summed E-state index contributed by atoms with van der Waals surface area (Å²) in [7, 11) is 0. The van der Waals surface area contributed by atoms with Gasteiger partial charge in [0.05, 0.1) is 0 Å². The Bertz CT molecular complexity index is 368. The van der Waals surface area contributed by atoms with Crippen LogP contribution in [0.5, 0.6) is 5.75 Å². The van der Waals surface area contributed by atoms with E-state index in [1.54, 1.807) is 0 Å². The van der Waals surface area contributed by atoms with Crippen LogP contribution in [-0.2, 0) is 9.59 Å². The number of benzene rings is 1. The zero-order chi connectivity index (χ0) is 11.4. The highest BCUT2D eigenvalue weighted by Gasteiger charge is 2.15. The molecule has 1 aromatic carbocycles. The molecule has 0 aliphatic carbocycles. The maximum absolute atomic E-state index is 10.6. The summed E-state index contributed by atoms with van der Waals surface area (Å²) in [5, 5.41) is 17.7. The van der Waals surface area contributed by atoms with E-state index in [-0.39, 0.29) is 5.56 Å². The number of aliphatic hydroxyl groups is 1. The molecule has 1 rings (SSSR count). The molecule has 5 nitrogen and oxygen atoms in total. The van der Waals surface area contributed by atoms with Crippen molar-refractivity contribution < 1.29 is 24.5 Å². The number of carbonyl (C=O) groups excluding carboxylic acids is 1. The average Bonchev–Trinajstić information content (AvgIpc) is 2.17. The predicted octanol–water partition coefficient (Wildman–Crippen LogP) is 0.730. The summed E-state index contributed by atoms with van der Waals surface area (Å²) in [4.78, 5) is 21.0. The first-order valence-corrected chi connectivity index (χ1v) is 4.20. The first-order chi connectivity index (χ1) is 7.00. The lowest BCUT2D eigenvalue weighted by molar-refractivity contribution is -0.147. The van der Waals surface area contributed by atoms with E-state index in [9.17, 15) is 9.59 Å². The second-order valence-electron chi connectivity index (χ2n) is 2.90. The van der Waals surface area contributed by atoms with Crippen LogP contribution in [0, 0.1) is 0 Å². The van der Waals surface area contributed by atoms with Crippen molar-refractivity contribution in [3.8, 4) is 5.75 Å². The number of carbonyl (C=O) groups is 2. The van der Waals surface area contributed by atoms with E-state index in [0.29, 0.717) is 5.75 Å². The molecule has 80 valence electrons. The first kappa shape index (κ1) is 11.2. The normalized spacial score (nSPS) is 11.9. The summed E-state index contributed by atoms with van der Waals surface area (Å²) in [5.41, 5.74) is 0.235. The van der Waals surface area contributed by atoms with Crippen molar-refractivity contribution in [3.05, 3.63) is 29.8 Å². The third-order valence-electron chi connectivity index (χ3n) is 1.69. The van der Waals surface area contributed by atoms with Gasteiger partial charge in [-0.3, -0.25) is 4.79 Å². The Morgan fingerprint density at radius 2 is 1.80 bits per heavy atom. The SMILES string of the molecule is CC(=O)Oc1ccc(C(O)C(=O)O)cc1. The summed E-state index contributed by atoms with van der Waals surface area (Å²) in [5.74, 6) is -1.47. The van der Waals surface area contributed by atoms with Crippen molar-refractivity contribution >= 4 is 11.9 Å². The van der Waals surface area contributed by atoms with Gasteiger partial charge in [-0.2, -0.15) is 0 Å². The molecule has 0 aliphatic heterocycles. The smallest absolute Gasteiger partial charge is 0.337 e. The molecule has 0 bridgehead atoms. The molecule has 0 saturated heterocycles. The van der Waals surface area contributed by atoms with Gasteiger partial charge >= 0.3 is 11.9 Å². The van der Waals surface area contributed by atoms with Crippen molar-refractivity contribution in [3.63, 3.8) is 0 Å². The van der Waals surface area contributed by atoms with Crippen LogP contribution < -0.4 is 4.74 Å². The molecule has 5 heteroatoms. The third-order valence-corrected chi connectivity index (χ3v) is 1.69. The largest absolute Gasteiger partial charge is 0.479 e. The maximum Gasteiger partial charge on any atom is 0.337 e. The lowest BCUT2D eigenvalue weighted by atomic mass is 10.1. The number of aliphatic carboxylic acids is 1. The van der Waals surface area contributed by atoms with Gasteiger partial charge < -0.3 is 14.9 Å². The molecule has 0 spiro atoms. The van der Waals surface area contributed by atoms with E-state index in [1.807, 2.05) is 0 Å². The Morgan fingerprint density at radius 3 is 2.20 bits per heavy atom. The fourth-order valence-corrected chi connectivity index (χ4v) is 1.03. The number of hydrogen-bond donors (Lipinski definition) is 2. The highest BCUT2D eigenvalue weighted by molar-refractivity contribution is 5.74. The zero-order valence-corrected chi connectivity index (χ0v) is 8.01. The molecule has 0 amide bonds. The summed E-state index contributed by atoms with van der Waals surface area (Å²) < 4.78 is 4.74. The number of carboxylic acids is 1. The standard InChI is InChI=1S/C10H10O5/c1-6(11)15-8-4-2-7(3-5-8)9(12)10(13)14/h2-5,9,12H,1H3,(H,13,14). The van der Waals surface area contributed by atoms with Crippen LogP contribution in [0.4, 0.5) is 0 Å². The van der Waals surface area contributed by atoms with Crippen molar-refractivity contribution in [1.82, 2.24) is 0 Å². The van der Waals surface area contributed by atoms with E-state index >= 15 is 0 Å². The second-order valence-corrected chi connectivity index (χ2v) is 2.90. The fraction of sp³-hybridized carbons (Fsp3) is 0.200. The molecule has 15 heavy (non-hydrogen) atoms. The van der Waals surface area contributed by atoms with Gasteiger partial charge in [0.1, 0.15) is 5.75 Å². The van der Waals surface area contributed by atoms with Gasteiger partial charge in [-0.25, -0.2) is 4.79 Å². The maximum atomic E-state index is 10.6. The molecule has 2 N–H and O–H groups in total. The highest BCUT2D eigenvalue weighted by Crippen LogP contribution is 2.17. The van der Waals surface area contributed by atoms with Crippen molar-refractivity contribution in [2.24, 2.45) is 0 Å². The number of rotatable bonds is 3. The van der Waals surface area contributed by atoms with Gasteiger partial charge in [-0.1, -0.05) is 12.1 Å². The summed E-state index contributed by atoms with van der Waals surface area (Å²) in [6.07, 6.45) is -1.56. The Hall–Kier alpha value is -1.88. The molecule has 0 radical (unpaired) electrons. The van der Waals surface area contributed by atoms with Gasteiger partial charge in [-0.05, 0) is 17.7 Å². The molecule has 1 unspecified atom stereocenters. The molecular formula is C10H10O5. The Labute approximate surface area is 85.9 Å². The Balaban J connectivity index is 2.80. The van der Waals surface area contributed by atoms with Crippen LogP contribution in [0.2, 0.25) is 0 Å². The van der Waals surface area contributed by atoms with Crippen molar-refractivity contribution in [2.75, 3.05) is 0 Å². The van der Waals surface area contributed by atoms with Gasteiger partial charge in [0.2, 0.25) is 0 Å². The van der Waals surface area contributed by atoms with Crippen LogP contribution in [0.3, 0.4) is 0 Å². The molecule has 1 aromatic rings. The minimum atomic E-state index is -1.56.